The molecule has 1 aliphatic carbocycles. The van der Waals surface area contributed by atoms with Crippen molar-refractivity contribution < 1.29 is 4.79 Å². The molecule has 1 saturated carbocycles. The maximum atomic E-state index is 11.6. The molecule has 72 valence electrons. The third-order valence-electron chi connectivity index (χ3n) is 2.73. The monoisotopic (exact) mass is 229 g/mol. The van der Waals surface area contributed by atoms with Crippen LogP contribution in [0.4, 0.5) is 5.82 Å². The minimum atomic E-state index is -0.447. The molecule has 0 aromatic carbocycles. The summed E-state index contributed by atoms with van der Waals surface area (Å²) in [6, 6.07) is 0. The number of rotatable bonds is 0. The van der Waals surface area contributed by atoms with E-state index in [1.807, 2.05) is 0 Å². The van der Waals surface area contributed by atoms with Crippen LogP contribution in [0.2, 0.25) is 10.4 Å². The Bertz CT molecular complexity index is 456. The zero-order valence-electron chi connectivity index (χ0n) is 6.97. The van der Waals surface area contributed by atoms with Gasteiger partial charge in [0, 0.05) is 5.56 Å². The second-order valence-electron chi connectivity index (χ2n) is 3.54. The molecule has 0 atom stereocenters. The highest BCUT2D eigenvalue weighted by Crippen LogP contribution is 2.56. The Balaban J connectivity index is 2.28. The molecule has 1 spiro atoms. The Kier molecular flexibility index (Phi) is 1.43. The Hall–Kier alpha value is -0.870. The molecule has 0 unspecified atom stereocenters. The molecule has 6 heteroatoms. The molecule has 1 fully saturated rings. The van der Waals surface area contributed by atoms with Crippen LogP contribution >= 0.6 is 23.2 Å². The minimum Gasteiger partial charge on any atom is -0.309 e. The van der Waals surface area contributed by atoms with Gasteiger partial charge in [-0.3, -0.25) is 4.79 Å². The second kappa shape index (κ2) is 2.38. The van der Waals surface area contributed by atoms with Crippen molar-refractivity contribution in [1.82, 2.24) is 9.97 Å². The molecule has 0 bridgehead atoms. The van der Waals surface area contributed by atoms with Gasteiger partial charge in [0.05, 0.1) is 5.41 Å². The first-order valence-corrected chi connectivity index (χ1v) is 4.94. The molecule has 1 aliphatic heterocycles. The highest BCUT2D eigenvalue weighted by molar-refractivity contribution is 6.34. The van der Waals surface area contributed by atoms with Gasteiger partial charge in [-0.25, -0.2) is 4.98 Å². The maximum absolute atomic E-state index is 11.6. The van der Waals surface area contributed by atoms with Crippen LogP contribution in [-0.2, 0) is 10.2 Å². The van der Waals surface area contributed by atoms with Gasteiger partial charge in [0.2, 0.25) is 11.2 Å². The summed E-state index contributed by atoms with van der Waals surface area (Å²) in [7, 11) is 0. The van der Waals surface area contributed by atoms with Gasteiger partial charge in [-0.05, 0) is 24.4 Å². The molecule has 0 saturated heterocycles. The normalized spacial score (nSPS) is 20.9. The molecule has 1 N–H and O–H groups in total. The molecule has 1 aromatic rings. The van der Waals surface area contributed by atoms with Gasteiger partial charge in [-0.2, -0.15) is 4.98 Å². The highest BCUT2D eigenvalue weighted by Gasteiger charge is 2.58. The van der Waals surface area contributed by atoms with Crippen LogP contribution in [0, 0.1) is 0 Å². The predicted molar refractivity (Wildman–Crippen MR) is 51.6 cm³/mol. The van der Waals surface area contributed by atoms with Crippen LogP contribution in [0.5, 0.6) is 0 Å². The Morgan fingerprint density at radius 1 is 1.29 bits per heavy atom. The first-order chi connectivity index (χ1) is 6.63. The summed E-state index contributed by atoms with van der Waals surface area (Å²) in [5.41, 5.74) is 0.269. The van der Waals surface area contributed by atoms with Crippen molar-refractivity contribution in [2.45, 2.75) is 18.3 Å². The summed E-state index contributed by atoms with van der Waals surface area (Å²) in [6.45, 7) is 0. The number of fused-ring (bicyclic) bond motifs is 2. The van der Waals surface area contributed by atoms with Crippen molar-refractivity contribution >= 4 is 34.9 Å². The molecular formula is C8H5Cl2N3O. The van der Waals surface area contributed by atoms with E-state index in [1.54, 1.807) is 0 Å². The quantitative estimate of drug-likeness (QED) is 0.545. The van der Waals surface area contributed by atoms with Crippen LogP contribution in [0.3, 0.4) is 0 Å². The number of carbonyl (C=O) groups is 1. The lowest BCUT2D eigenvalue weighted by Crippen LogP contribution is -2.18. The fourth-order valence-corrected chi connectivity index (χ4v) is 2.43. The molecule has 4 nitrogen and oxygen atoms in total. The first kappa shape index (κ1) is 8.44. The SMILES string of the molecule is O=C1Nc2nc(Cl)nc(Cl)c2C12CC2. The number of nitrogens with one attached hydrogen (secondary N) is 1. The van der Waals surface area contributed by atoms with E-state index in [0.717, 1.165) is 12.8 Å². The van der Waals surface area contributed by atoms with Crippen molar-refractivity contribution in [3.8, 4) is 0 Å². The number of aromatic nitrogens is 2. The highest BCUT2D eigenvalue weighted by atomic mass is 35.5. The van der Waals surface area contributed by atoms with Crippen LogP contribution in [0.25, 0.3) is 0 Å². The lowest BCUT2D eigenvalue weighted by atomic mass is 10.0. The fourth-order valence-electron chi connectivity index (χ4n) is 1.87. The smallest absolute Gasteiger partial charge is 0.236 e. The molecule has 3 rings (SSSR count). The van der Waals surface area contributed by atoms with Crippen molar-refractivity contribution in [3.05, 3.63) is 16.0 Å². The number of nitrogens with zero attached hydrogens (tertiary/aromatic N) is 2. The fraction of sp³-hybridized carbons (Fsp3) is 0.375. The van der Waals surface area contributed by atoms with Gasteiger partial charge in [-0.1, -0.05) is 11.6 Å². The Morgan fingerprint density at radius 2 is 2.00 bits per heavy atom. The molecule has 14 heavy (non-hydrogen) atoms. The van der Waals surface area contributed by atoms with Gasteiger partial charge in [0.1, 0.15) is 11.0 Å². The summed E-state index contributed by atoms with van der Waals surface area (Å²) in [5.74, 6) is 0.434. The van der Waals surface area contributed by atoms with Crippen molar-refractivity contribution in [2.24, 2.45) is 0 Å². The zero-order chi connectivity index (χ0) is 9.92. The third kappa shape index (κ3) is 0.875. The van der Waals surface area contributed by atoms with Crippen LogP contribution in [0.1, 0.15) is 18.4 Å². The van der Waals surface area contributed by atoms with Crippen molar-refractivity contribution in [2.75, 3.05) is 5.32 Å². The van der Waals surface area contributed by atoms with E-state index in [2.05, 4.69) is 15.3 Å². The van der Waals surface area contributed by atoms with E-state index in [1.165, 1.54) is 0 Å². The lowest BCUT2D eigenvalue weighted by molar-refractivity contribution is -0.117. The largest absolute Gasteiger partial charge is 0.309 e. The zero-order valence-corrected chi connectivity index (χ0v) is 8.48. The molecular weight excluding hydrogens is 225 g/mol. The number of hydrogen-bond acceptors (Lipinski definition) is 3. The topological polar surface area (TPSA) is 54.9 Å². The van der Waals surface area contributed by atoms with Crippen LogP contribution in [0.15, 0.2) is 0 Å². The van der Waals surface area contributed by atoms with E-state index in [0.29, 0.717) is 11.4 Å². The second-order valence-corrected chi connectivity index (χ2v) is 4.24. The Morgan fingerprint density at radius 3 is 2.64 bits per heavy atom. The van der Waals surface area contributed by atoms with Crippen molar-refractivity contribution in [3.63, 3.8) is 0 Å². The van der Waals surface area contributed by atoms with E-state index in [-0.39, 0.29) is 16.3 Å². The van der Waals surface area contributed by atoms with Crippen LogP contribution in [-0.4, -0.2) is 15.9 Å². The van der Waals surface area contributed by atoms with Gasteiger partial charge in [-0.15, -0.1) is 0 Å². The summed E-state index contributed by atoms with van der Waals surface area (Å²) in [6.07, 6.45) is 1.63. The average Bonchev–Trinajstić information content (AvgIpc) is 2.78. The van der Waals surface area contributed by atoms with Gasteiger partial charge >= 0.3 is 0 Å². The summed E-state index contributed by atoms with van der Waals surface area (Å²) in [4.78, 5) is 19.4. The number of hydrogen-bond donors (Lipinski definition) is 1. The van der Waals surface area contributed by atoms with Crippen LogP contribution < -0.4 is 5.32 Å². The third-order valence-corrected chi connectivity index (χ3v) is 3.18. The number of amides is 1. The van der Waals surface area contributed by atoms with E-state index in [9.17, 15) is 4.79 Å². The minimum absolute atomic E-state index is 0.0361. The molecule has 1 amide bonds. The molecule has 1 aromatic heterocycles. The lowest BCUT2D eigenvalue weighted by Gasteiger charge is -2.04. The summed E-state index contributed by atoms with van der Waals surface area (Å²) in [5, 5.41) is 3.02. The van der Waals surface area contributed by atoms with E-state index < -0.39 is 5.41 Å². The van der Waals surface area contributed by atoms with Gasteiger partial charge in [0.15, 0.2) is 0 Å². The Labute approximate surface area is 89.6 Å². The maximum Gasteiger partial charge on any atom is 0.236 e. The van der Waals surface area contributed by atoms with E-state index in [4.69, 9.17) is 23.2 Å². The predicted octanol–water partition coefficient (Wildman–Crippen LogP) is 1.77. The number of anilines is 1. The molecule has 2 heterocycles. The standard InChI is InChI=1S/C8H5Cl2N3O/c9-4-3-5(13-7(10)11-4)12-6(14)8(3)1-2-8/h1-2H2,(H,11,12,13,14). The average molecular weight is 230 g/mol. The number of halogens is 2. The number of carbonyl (C=O) groups excluding carboxylic acids is 1. The van der Waals surface area contributed by atoms with Crippen molar-refractivity contribution in [1.29, 1.82) is 0 Å². The van der Waals surface area contributed by atoms with Gasteiger partial charge in [0.25, 0.3) is 0 Å². The first-order valence-electron chi connectivity index (χ1n) is 4.18. The molecule has 0 radical (unpaired) electrons. The van der Waals surface area contributed by atoms with E-state index >= 15 is 0 Å². The van der Waals surface area contributed by atoms with Gasteiger partial charge < -0.3 is 5.32 Å². The summed E-state index contributed by atoms with van der Waals surface area (Å²) < 4.78 is 0. The molecule has 2 aliphatic rings. The summed E-state index contributed by atoms with van der Waals surface area (Å²) >= 11 is 11.6.